The molecule has 1 rings (SSSR count). The molecule has 0 aromatic heterocycles. The molecule has 0 unspecified atom stereocenters. The van der Waals surface area contributed by atoms with Crippen LogP contribution in [0.25, 0.3) is 0 Å². The third kappa shape index (κ3) is 15.0. The highest BCUT2D eigenvalue weighted by Gasteiger charge is 2.43. The van der Waals surface area contributed by atoms with E-state index >= 15 is 0 Å². The van der Waals surface area contributed by atoms with Crippen LogP contribution in [0.2, 0.25) is 36.3 Å². The predicted molar refractivity (Wildman–Crippen MR) is 228 cm³/mol. The van der Waals surface area contributed by atoms with E-state index in [1.54, 1.807) is 7.11 Å². The van der Waals surface area contributed by atoms with E-state index in [-0.39, 0.29) is 40.2 Å². The molecule has 0 radical (unpaired) electrons. The number of benzene rings is 1. The molecule has 0 spiro atoms. The minimum Gasteiger partial charge on any atom is -0.497 e. The predicted octanol–water partition coefficient (Wildman–Crippen LogP) is 13.4. The topological polar surface area (TPSA) is 36.9 Å². The molecule has 0 amide bonds. The van der Waals surface area contributed by atoms with Crippen LogP contribution in [-0.2, 0) is 20.2 Å². The Bertz CT molecular complexity index is 1150. The van der Waals surface area contributed by atoms with Crippen molar-refractivity contribution in [3.8, 4) is 5.75 Å². The number of rotatable bonds is 21. The van der Waals surface area contributed by atoms with Gasteiger partial charge in [-0.3, -0.25) is 0 Å². The van der Waals surface area contributed by atoms with Crippen LogP contribution in [0.5, 0.6) is 5.75 Å². The normalized spacial score (nSPS) is 18.6. The minimum absolute atomic E-state index is 0.00872. The van der Waals surface area contributed by atoms with Crippen molar-refractivity contribution in [3.05, 3.63) is 64.8 Å². The molecule has 7 heteroatoms. The Hall–Kier alpha value is -0.716. The van der Waals surface area contributed by atoms with Gasteiger partial charge in [-0.25, -0.2) is 0 Å². The Kier molecular flexibility index (Phi) is 19.4. The molecule has 0 aliphatic carbocycles. The highest BCUT2D eigenvalue weighted by atomic mass is 127. The van der Waals surface area contributed by atoms with Gasteiger partial charge < -0.3 is 18.3 Å². The summed E-state index contributed by atoms with van der Waals surface area (Å²) < 4.78 is 28.8. The van der Waals surface area contributed by atoms with Crippen molar-refractivity contribution in [1.82, 2.24) is 0 Å². The van der Waals surface area contributed by atoms with Gasteiger partial charge in [0.05, 0.1) is 32.0 Å². The lowest BCUT2D eigenvalue weighted by Crippen LogP contribution is -2.48. The molecule has 282 valence electrons. The van der Waals surface area contributed by atoms with E-state index in [1.807, 2.05) is 24.3 Å². The van der Waals surface area contributed by atoms with Crippen molar-refractivity contribution >= 4 is 39.2 Å². The van der Waals surface area contributed by atoms with Crippen molar-refractivity contribution in [2.75, 3.05) is 7.11 Å². The van der Waals surface area contributed by atoms with E-state index < -0.39 is 16.6 Å². The maximum absolute atomic E-state index is 7.33. The van der Waals surface area contributed by atoms with Gasteiger partial charge in [-0.05, 0) is 95.1 Å². The van der Waals surface area contributed by atoms with Crippen LogP contribution in [0.3, 0.4) is 0 Å². The highest BCUT2D eigenvalue weighted by molar-refractivity contribution is 14.1. The Morgan fingerprint density at radius 1 is 0.776 bits per heavy atom. The summed E-state index contributed by atoms with van der Waals surface area (Å²) in [6.45, 7) is 39.8. The maximum Gasteiger partial charge on any atom is 0.192 e. The second kappa shape index (κ2) is 20.5. The second-order valence-corrected chi connectivity index (χ2v) is 28.0. The van der Waals surface area contributed by atoms with E-state index in [9.17, 15) is 0 Å². The van der Waals surface area contributed by atoms with Gasteiger partial charge >= 0.3 is 0 Å². The van der Waals surface area contributed by atoms with Gasteiger partial charge in [0.1, 0.15) is 5.75 Å². The first-order valence-corrected chi connectivity index (χ1v) is 25.7. The van der Waals surface area contributed by atoms with Crippen LogP contribution >= 0.6 is 22.6 Å². The van der Waals surface area contributed by atoms with E-state index in [1.165, 1.54) is 0 Å². The zero-order chi connectivity index (χ0) is 37.8. The summed E-state index contributed by atoms with van der Waals surface area (Å²) in [6, 6.07) is 8.20. The molecule has 0 bridgehead atoms. The molecule has 1 aromatic carbocycles. The Balaban J connectivity index is 3.32. The van der Waals surface area contributed by atoms with Crippen LogP contribution in [0.1, 0.15) is 101 Å². The third-order valence-electron chi connectivity index (χ3n) is 11.4. The van der Waals surface area contributed by atoms with Gasteiger partial charge in [0.15, 0.2) is 16.6 Å². The van der Waals surface area contributed by atoms with Crippen LogP contribution in [0.4, 0.5) is 0 Å². The second-order valence-electron chi connectivity index (χ2n) is 17.8. The summed E-state index contributed by atoms with van der Waals surface area (Å²) in [5.41, 5.74) is 1.14. The Morgan fingerprint density at radius 3 is 1.80 bits per heavy atom. The van der Waals surface area contributed by atoms with Crippen LogP contribution in [-0.4, -0.2) is 42.1 Å². The average molecular weight is 827 g/mol. The summed E-state index contributed by atoms with van der Waals surface area (Å²) in [5.74, 6) is 2.63. The summed E-state index contributed by atoms with van der Waals surface area (Å²) in [4.78, 5) is 0. The van der Waals surface area contributed by atoms with E-state index in [4.69, 9.17) is 18.3 Å². The van der Waals surface area contributed by atoms with Crippen LogP contribution in [0, 0.1) is 29.6 Å². The zero-order valence-electron chi connectivity index (χ0n) is 34.4. The first-order valence-electron chi connectivity index (χ1n) is 18.7. The van der Waals surface area contributed by atoms with Gasteiger partial charge in [-0.2, -0.15) is 0 Å². The first-order chi connectivity index (χ1) is 22.5. The standard InChI is InChI=1S/C42H75IO4Si2/c1-18-19-20-32(3)40(45-30-36-22-24-37(44-13)25-23-36)35(6)38(46-48(14,15)41(7,8)9)26-21-31(2)29-34(5)39(33(4)27-28-43)47-49(16,17)42(10,11)12/h18-20,22-25,27-28,31-35,38-40H,1,21,26,29-30H2,2-17H3/b20-19-,28-27-/t31-,32-,33+,34-,35-,38+,39+,40-/m0/s1. The van der Waals surface area contributed by atoms with E-state index in [0.717, 1.165) is 30.6 Å². The summed E-state index contributed by atoms with van der Waals surface area (Å²) in [7, 11) is -2.28. The molecule has 1 aromatic rings. The number of methoxy groups -OCH3 is 1. The van der Waals surface area contributed by atoms with Crippen LogP contribution in [0.15, 0.2) is 59.2 Å². The van der Waals surface area contributed by atoms with Crippen molar-refractivity contribution in [3.63, 3.8) is 0 Å². The largest absolute Gasteiger partial charge is 0.497 e. The fourth-order valence-electron chi connectivity index (χ4n) is 6.07. The first kappa shape index (κ1) is 46.3. The smallest absolute Gasteiger partial charge is 0.192 e. The lowest BCUT2D eigenvalue weighted by Gasteiger charge is -2.44. The summed E-state index contributed by atoms with van der Waals surface area (Å²) >= 11 is 2.35. The zero-order valence-corrected chi connectivity index (χ0v) is 38.5. The fourth-order valence-corrected chi connectivity index (χ4v) is 9.65. The lowest BCUT2D eigenvalue weighted by atomic mass is 9.82. The molecule has 8 atom stereocenters. The number of allylic oxidation sites excluding steroid dienone is 2. The third-order valence-corrected chi connectivity index (χ3v) is 20.8. The number of hydrogen-bond acceptors (Lipinski definition) is 4. The lowest BCUT2D eigenvalue weighted by molar-refractivity contribution is -0.0551. The van der Waals surface area contributed by atoms with Crippen molar-refractivity contribution in [2.45, 2.75) is 157 Å². The van der Waals surface area contributed by atoms with Crippen LogP contribution < -0.4 is 4.74 Å². The molecule has 0 aliphatic rings. The van der Waals surface area contributed by atoms with Gasteiger partial charge in [0.25, 0.3) is 0 Å². The van der Waals surface area contributed by atoms with E-state index in [0.29, 0.717) is 24.4 Å². The molecule has 4 nitrogen and oxygen atoms in total. The Morgan fingerprint density at radius 2 is 1.31 bits per heavy atom. The van der Waals surface area contributed by atoms with Crippen molar-refractivity contribution in [1.29, 1.82) is 0 Å². The Labute approximate surface area is 319 Å². The quantitative estimate of drug-likeness (QED) is 0.0703. The fraction of sp³-hybridized carbons (Fsp3) is 0.714. The molecule has 0 saturated carbocycles. The summed E-state index contributed by atoms with van der Waals surface area (Å²) in [5, 5.41) is 0.300. The maximum atomic E-state index is 7.33. The molecular weight excluding hydrogens is 752 g/mol. The van der Waals surface area contributed by atoms with Gasteiger partial charge in [0, 0.05) is 11.8 Å². The van der Waals surface area contributed by atoms with E-state index in [2.05, 4.69) is 160 Å². The number of ether oxygens (including phenoxy) is 2. The van der Waals surface area contributed by atoms with Gasteiger partial charge in [0.2, 0.25) is 0 Å². The number of halogens is 1. The SMILES string of the molecule is C=C/C=C\[C@H](C)[C@H](OCc1ccc(OC)cc1)[C@@H](C)[C@@H](CC[C@H](C)C[C@H](C)[C@H](O[Si](C)(C)C(C)(C)C)[C@H](C)/C=C\I)O[Si](C)(C)C(C)(C)C. The van der Waals surface area contributed by atoms with Crippen molar-refractivity contribution in [2.24, 2.45) is 29.6 Å². The van der Waals surface area contributed by atoms with Gasteiger partial charge in [-0.15, -0.1) is 0 Å². The minimum atomic E-state index is -2.05. The average Bonchev–Trinajstić information content (AvgIpc) is 2.99. The molecular formula is C42H75IO4Si2. The molecule has 0 fully saturated rings. The monoisotopic (exact) mass is 826 g/mol. The number of hydrogen-bond donors (Lipinski definition) is 0. The van der Waals surface area contributed by atoms with Gasteiger partial charge in [-0.1, -0.05) is 142 Å². The van der Waals surface area contributed by atoms with Crippen molar-refractivity contribution < 1.29 is 18.3 Å². The summed E-state index contributed by atoms with van der Waals surface area (Å²) in [6.07, 6.45) is 12.0. The highest BCUT2D eigenvalue weighted by Crippen LogP contribution is 2.42. The molecule has 0 N–H and O–H groups in total. The molecule has 0 saturated heterocycles. The molecule has 49 heavy (non-hydrogen) atoms. The molecule has 0 heterocycles. The molecule has 0 aliphatic heterocycles.